The number of carbonyl (C=O) groups excluding carboxylic acids is 1. The second-order valence-electron chi connectivity index (χ2n) is 4.72. The van der Waals surface area contributed by atoms with Gasteiger partial charge in [-0.05, 0) is 6.42 Å². The minimum absolute atomic E-state index is 0.0655. The van der Waals surface area contributed by atoms with Gasteiger partial charge < -0.3 is 15.0 Å². The van der Waals surface area contributed by atoms with E-state index in [9.17, 15) is 9.59 Å². The van der Waals surface area contributed by atoms with Gasteiger partial charge in [0, 0.05) is 12.7 Å². The standard InChI is InChI=1S/C15H18N4O3/c1-3-11(16-12(20)9-22-2)13-15(21)17-14(19-18-13)10-7-5-4-6-8-10/h4-8,11H,3,9H2,1-2H3,(H,16,20)(H,17,19,21). The Hall–Kier alpha value is -2.54. The highest BCUT2D eigenvalue weighted by Gasteiger charge is 2.18. The summed E-state index contributed by atoms with van der Waals surface area (Å²) in [7, 11) is 1.43. The van der Waals surface area contributed by atoms with Crippen molar-refractivity contribution < 1.29 is 9.53 Å². The van der Waals surface area contributed by atoms with Crippen LogP contribution in [0, 0.1) is 0 Å². The summed E-state index contributed by atoms with van der Waals surface area (Å²) in [6, 6.07) is 8.74. The lowest BCUT2D eigenvalue weighted by molar-refractivity contribution is -0.125. The number of amides is 1. The van der Waals surface area contributed by atoms with Gasteiger partial charge in [-0.3, -0.25) is 9.59 Å². The molecule has 1 heterocycles. The van der Waals surface area contributed by atoms with Gasteiger partial charge in [0.05, 0.1) is 6.04 Å². The smallest absolute Gasteiger partial charge is 0.275 e. The number of methoxy groups -OCH3 is 1. The number of ether oxygens (including phenoxy) is 1. The minimum Gasteiger partial charge on any atom is -0.375 e. The topological polar surface area (TPSA) is 97.0 Å². The third-order valence-electron chi connectivity index (χ3n) is 3.12. The number of H-pyrrole nitrogens is 1. The maximum absolute atomic E-state index is 12.2. The third-order valence-corrected chi connectivity index (χ3v) is 3.12. The summed E-state index contributed by atoms with van der Waals surface area (Å²) in [6.07, 6.45) is 0.526. The Labute approximate surface area is 127 Å². The summed E-state index contributed by atoms with van der Waals surface area (Å²) in [5, 5.41) is 10.7. The molecule has 2 N–H and O–H groups in total. The molecule has 0 saturated heterocycles. The zero-order valence-corrected chi connectivity index (χ0v) is 12.5. The maximum atomic E-state index is 12.2. The summed E-state index contributed by atoms with van der Waals surface area (Å²) in [4.78, 5) is 26.5. The van der Waals surface area contributed by atoms with Crippen LogP contribution >= 0.6 is 0 Å². The Kier molecular flexibility index (Phi) is 5.37. The Morgan fingerprint density at radius 3 is 2.64 bits per heavy atom. The van der Waals surface area contributed by atoms with Gasteiger partial charge in [0.1, 0.15) is 6.61 Å². The predicted octanol–water partition coefficient (Wildman–Crippen LogP) is 1.05. The fourth-order valence-corrected chi connectivity index (χ4v) is 2.03. The van der Waals surface area contributed by atoms with E-state index >= 15 is 0 Å². The molecule has 0 saturated carbocycles. The first-order valence-electron chi connectivity index (χ1n) is 6.96. The zero-order valence-electron chi connectivity index (χ0n) is 12.5. The molecule has 1 unspecified atom stereocenters. The highest BCUT2D eigenvalue weighted by molar-refractivity contribution is 5.77. The van der Waals surface area contributed by atoms with Gasteiger partial charge in [-0.2, -0.15) is 0 Å². The summed E-state index contributed by atoms with van der Waals surface area (Å²) < 4.78 is 4.76. The number of nitrogens with zero attached hydrogens (tertiary/aromatic N) is 2. The number of benzene rings is 1. The number of aromatic nitrogens is 3. The number of hydrogen-bond donors (Lipinski definition) is 2. The molecule has 0 fully saturated rings. The van der Waals surface area contributed by atoms with Crippen LogP contribution in [0.3, 0.4) is 0 Å². The van der Waals surface area contributed by atoms with E-state index in [-0.39, 0.29) is 23.8 Å². The van der Waals surface area contributed by atoms with Crippen LogP contribution in [0.5, 0.6) is 0 Å². The van der Waals surface area contributed by atoms with Crippen molar-refractivity contribution in [2.75, 3.05) is 13.7 Å². The molecule has 0 bridgehead atoms. The van der Waals surface area contributed by atoms with E-state index < -0.39 is 6.04 Å². The fraction of sp³-hybridized carbons (Fsp3) is 0.333. The molecule has 0 aliphatic rings. The van der Waals surface area contributed by atoms with Crippen molar-refractivity contribution in [3.05, 3.63) is 46.4 Å². The van der Waals surface area contributed by atoms with Gasteiger partial charge in [0.2, 0.25) is 5.91 Å². The quantitative estimate of drug-likeness (QED) is 0.831. The summed E-state index contributed by atoms with van der Waals surface area (Å²) in [6.45, 7) is 1.79. The molecule has 7 nitrogen and oxygen atoms in total. The lowest BCUT2D eigenvalue weighted by Crippen LogP contribution is -2.35. The molecule has 7 heteroatoms. The van der Waals surface area contributed by atoms with Gasteiger partial charge in [-0.15, -0.1) is 10.2 Å². The van der Waals surface area contributed by atoms with Crippen LogP contribution in [0.4, 0.5) is 0 Å². The molecule has 1 atom stereocenters. The number of nitrogens with one attached hydrogen (secondary N) is 2. The van der Waals surface area contributed by atoms with Crippen molar-refractivity contribution in [2.24, 2.45) is 0 Å². The molecule has 0 aliphatic heterocycles. The van der Waals surface area contributed by atoms with Crippen LogP contribution in [0.25, 0.3) is 11.4 Å². The third kappa shape index (κ3) is 3.76. The van der Waals surface area contributed by atoms with Crippen molar-refractivity contribution in [2.45, 2.75) is 19.4 Å². The van der Waals surface area contributed by atoms with Gasteiger partial charge in [0.25, 0.3) is 5.56 Å². The molecule has 1 aromatic heterocycles. The summed E-state index contributed by atoms with van der Waals surface area (Å²) in [5.41, 5.74) is 0.597. The highest BCUT2D eigenvalue weighted by Crippen LogP contribution is 2.13. The average molecular weight is 302 g/mol. The Balaban J connectivity index is 2.25. The molecule has 0 spiro atoms. The van der Waals surface area contributed by atoms with E-state index in [2.05, 4.69) is 20.5 Å². The molecular weight excluding hydrogens is 284 g/mol. The van der Waals surface area contributed by atoms with E-state index in [1.54, 1.807) is 0 Å². The van der Waals surface area contributed by atoms with Crippen molar-refractivity contribution in [1.29, 1.82) is 0 Å². The highest BCUT2D eigenvalue weighted by atomic mass is 16.5. The van der Waals surface area contributed by atoms with Crippen LogP contribution in [0.2, 0.25) is 0 Å². The van der Waals surface area contributed by atoms with Crippen LogP contribution < -0.4 is 10.9 Å². The van der Waals surface area contributed by atoms with Crippen LogP contribution in [0.1, 0.15) is 25.1 Å². The maximum Gasteiger partial charge on any atom is 0.275 e. The first-order valence-corrected chi connectivity index (χ1v) is 6.96. The molecule has 0 aliphatic carbocycles. The molecule has 2 aromatic rings. The van der Waals surface area contributed by atoms with E-state index in [0.717, 1.165) is 5.56 Å². The fourth-order valence-electron chi connectivity index (χ4n) is 2.03. The van der Waals surface area contributed by atoms with E-state index in [4.69, 9.17) is 4.74 Å². The van der Waals surface area contributed by atoms with Crippen LogP contribution in [-0.2, 0) is 9.53 Å². The molecule has 1 aromatic carbocycles. The molecular formula is C15H18N4O3. The Bertz CT molecular complexity index is 685. The number of carbonyl (C=O) groups is 1. The second-order valence-corrected chi connectivity index (χ2v) is 4.72. The molecule has 22 heavy (non-hydrogen) atoms. The molecule has 116 valence electrons. The number of rotatable bonds is 6. The van der Waals surface area contributed by atoms with Crippen molar-refractivity contribution >= 4 is 5.91 Å². The normalized spacial score (nSPS) is 11.9. The van der Waals surface area contributed by atoms with E-state index in [1.165, 1.54) is 7.11 Å². The van der Waals surface area contributed by atoms with Gasteiger partial charge in [-0.1, -0.05) is 37.3 Å². The first kappa shape index (κ1) is 15.8. The number of aromatic amines is 1. The van der Waals surface area contributed by atoms with Gasteiger partial charge >= 0.3 is 0 Å². The van der Waals surface area contributed by atoms with E-state index in [1.807, 2.05) is 37.3 Å². The zero-order chi connectivity index (χ0) is 15.9. The van der Waals surface area contributed by atoms with Crippen LogP contribution in [-0.4, -0.2) is 34.8 Å². The average Bonchev–Trinajstić information content (AvgIpc) is 2.54. The van der Waals surface area contributed by atoms with Crippen molar-refractivity contribution in [3.8, 4) is 11.4 Å². The van der Waals surface area contributed by atoms with Crippen molar-refractivity contribution in [3.63, 3.8) is 0 Å². The number of hydrogen-bond acceptors (Lipinski definition) is 5. The Morgan fingerprint density at radius 1 is 1.32 bits per heavy atom. The molecule has 1 amide bonds. The summed E-state index contributed by atoms with van der Waals surface area (Å²) in [5.74, 6) is 0.0927. The second kappa shape index (κ2) is 7.46. The van der Waals surface area contributed by atoms with Gasteiger partial charge in [0.15, 0.2) is 11.5 Å². The van der Waals surface area contributed by atoms with Gasteiger partial charge in [-0.25, -0.2) is 0 Å². The van der Waals surface area contributed by atoms with E-state index in [0.29, 0.717) is 12.2 Å². The monoisotopic (exact) mass is 302 g/mol. The van der Waals surface area contributed by atoms with Crippen molar-refractivity contribution in [1.82, 2.24) is 20.5 Å². The predicted molar refractivity (Wildman–Crippen MR) is 81.1 cm³/mol. The minimum atomic E-state index is -0.497. The SMILES string of the molecule is CCC(NC(=O)COC)c1nnc(-c2ccccc2)[nH]c1=O. The molecule has 0 radical (unpaired) electrons. The Morgan fingerprint density at radius 2 is 2.05 bits per heavy atom. The lowest BCUT2D eigenvalue weighted by Gasteiger charge is -2.15. The molecule has 2 rings (SSSR count). The largest absolute Gasteiger partial charge is 0.375 e. The lowest BCUT2D eigenvalue weighted by atomic mass is 10.1. The first-order chi connectivity index (χ1) is 10.7. The summed E-state index contributed by atoms with van der Waals surface area (Å²) >= 11 is 0. The van der Waals surface area contributed by atoms with Crippen LogP contribution in [0.15, 0.2) is 35.1 Å².